The number of aromatic nitrogens is 1. The molecule has 1 heterocycles. The largest absolute Gasteiger partial charge is 0.482 e. The molecule has 5 nitrogen and oxygen atoms in total. The van der Waals surface area contributed by atoms with Crippen molar-refractivity contribution in [1.29, 1.82) is 0 Å². The quantitative estimate of drug-likeness (QED) is 0.858. The summed E-state index contributed by atoms with van der Waals surface area (Å²) < 4.78 is 10.4. The van der Waals surface area contributed by atoms with E-state index in [-0.39, 0.29) is 18.7 Å². The number of rotatable bonds is 5. The SMILES string of the molecule is CC(C)OC(=O)COc1cccc(-c2csc(N)n2)c1. The summed E-state index contributed by atoms with van der Waals surface area (Å²) in [4.78, 5) is 15.6. The summed E-state index contributed by atoms with van der Waals surface area (Å²) in [5.41, 5.74) is 7.30. The van der Waals surface area contributed by atoms with Crippen LogP contribution in [-0.4, -0.2) is 23.7 Å². The van der Waals surface area contributed by atoms with E-state index in [0.29, 0.717) is 10.9 Å². The van der Waals surface area contributed by atoms with Gasteiger partial charge in [0.15, 0.2) is 11.7 Å². The number of benzene rings is 1. The zero-order chi connectivity index (χ0) is 14.5. The van der Waals surface area contributed by atoms with Crippen molar-refractivity contribution in [2.45, 2.75) is 20.0 Å². The van der Waals surface area contributed by atoms with Crippen LogP contribution >= 0.6 is 11.3 Å². The van der Waals surface area contributed by atoms with E-state index < -0.39 is 0 Å². The summed E-state index contributed by atoms with van der Waals surface area (Å²) in [5.74, 6) is 0.207. The molecule has 0 saturated heterocycles. The Morgan fingerprint density at radius 2 is 2.25 bits per heavy atom. The average molecular weight is 292 g/mol. The van der Waals surface area contributed by atoms with E-state index >= 15 is 0 Å². The number of anilines is 1. The Balaban J connectivity index is 2.01. The number of carbonyl (C=O) groups is 1. The summed E-state index contributed by atoms with van der Waals surface area (Å²) in [6.07, 6.45) is -0.143. The maximum Gasteiger partial charge on any atom is 0.344 e. The highest BCUT2D eigenvalue weighted by Gasteiger charge is 2.08. The molecule has 1 aromatic carbocycles. The van der Waals surface area contributed by atoms with Crippen LogP contribution in [0.1, 0.15) is 13.8 Å². The second-order valence-electron chi connectivity index (χ2n) is 4.43. The number of hydrogen-bond acceptors (Lipinski definition) is 6. The summed E-state index contributed by atoms with van der Waals surface area (Å²) in [7, 11) is 0. The lowest BCUT2D eigenvalue weighted by Crippen LogP contribution is -2.18. The van der Waals surface area contributed by atoms with Crippen LogP contribution in [0.15, 0.2) is 29.6 Å². The highest BCUT2D eigenvalue weighted by atomic mass is 32.1. The van der Waals surface area contributed by atoms with Crippen LogP contribution in [-0.2, 0) is 9.53 Å². The molecule has 0 atom stereocenters. The smallest absolute Gasteiger partial charge is 0.344 e. The first kappa shape index (κ1) is 14.3. The van der Waals surface area contributed by atoms with Gasteiger partial charge in [-0.3, -0.25) is 0 Å². The molecule has 1 aromatic heterocycles. The van der Waals surface area contributed by atoms with E-state index in [9.17, 15) is 4.79 Å². The topological polar surface area (TPSA) is 74.4 Å². The van der Waals surface area contributed by atoms with Gasteiger partial charge < -0.3 is 15.2 Å². The molecule has 0 saturated carbocycles. The number of esters is 1. The third-order valence-electron chi connectivity index (χ3n) is 2.38. The van der Waals surface area contributed by atoms with Crippen molar-refractivity contribution in [1.82, 2.24) is 4.98 Å². The minimum atomic E-state index is -0.386. The van der Waals surface area contributed by atoms with Crippen LogP contribution in [0.3, 0.4) is 0 Å². The number of hydrogen-bond donors (Lipinski definition) is 1. The Bertz CT molecular complexity index is 596. The van der Waals surface area contributed by atoms with Crippen molar-refractivity contribution in [3.05, 3.63) is 29.6 Å². The third kappa shape index (κ3) is 3.96. The molecule has 0 spiro atoms. The van der Waals surface area contributed by atoms with E-state index in [2.05, 4.69) is 4.98 Å². The van der Waals surface area contributed by atoms with Crippen molar-refractivity contribution in [3.63, 3.8) is 0 Å². The van der Waals surface area contributed by atoms with Crippen molar-refractivity contribution in [2.24, 2.45) is 0 Å². The van der Waals surface area contributed by atoms with Crippen molar-refractivity contribution >= 4 is 22.4 Å². The molecule has 0 amide bonds. The van der Waals surface area contributed by atoms with Gasteiger partial charge in [0.05, 0.1) is 11.8 Å². The predicted molar refractivity (Wildman–Crippen MR) is 78.7 cm³/mol. The summed E-state index contributed by atoms with van der Waals surface area (Å²) in [5, 5.41) is 2.40. The minimum absolute atomic E-state index is 0.110. The van der Waals surface area contributed by atoms with E-state index in [4.69, 9.17) is 15.2 Å². The van der Waals surface area contributed by atoms with Crippen LogP contribution in [0, 0.1) is 0 Å². The molecule has 2 N–H and O–H groups in total. The summed E-state index contributed by atoms with van der Waals surface area (Å²) >= 11 is 1.38. The second-order valence-corrected chi connectivity index (χ2v) is 5.32. The Morgan fingerprint density at radius 1 is 1.45 bits per heavy atom. The normalized spacial score (nSPS) is 10.6. The first-order chi connectivity index (χ1) is 9.54. The van der Waals surface area contributed by atoms with E-state index in [1.807, 2.05) is 23.6 Å². The molecule has 20 heavy (non-hydrogen) atoms. The van der Waals surface area contributed by atoms with Gasteiger partial charge >= 0.3 is 5.97 Å². The molecule has 0 fully saturated rings. The summed E-state index contributed by atoms with van der Waals surface area (Å²) in [6, 6.07) is 7.35. The van der Waals surface area contributed by atoms with Gasteiger partial charge in [-0.2, -0.15) is 0 Å². The fourth-order valence-corrected chi connectivity index (χ4v) is 2.18. The third-order valence-corrected chi connectivity index (χ3v) is 3.05. The van der Waals surface area contributed by atoms with E-state index in [1.54, 1.807) is 19.9 Å². The average Bonchev–Trinajstić information content (AvgIpc) is 2.83. The zero-order valence-electron chi connectivity index (χ0n) is 11.3. The number of nitrogens with zero attached hydrogens (tertiary/aromatic N) is 1. The molecular weight excluding hydrogens is 276 g/mol. The maximum absolute atomic E-state index is 11.4. The Kier molecular flexibility index (Phi) is 4.57. The number of thiazole rings is 1. The van der Waals surface area contributed by atoms with Crippen molar-refractivity contribution < 1.29 is 14.3 Å². The van der Waals surface area contributed by atoms with Gasteiger partial charge in [-0.1, -0.05) is 12.1 Å². The van der Waals surface area contributed by atoms with Gasteiger partial charge in [0.2, 0.25) is 0 Å². The molecule has 6 heteroatoms. The van der Waals surface area contributed by atoms with E-state index in [1.165, 1.54) is 11.3 Å². The molecule has 0 aliphatic carbocycles. The molecule has 2 aromatic rings. The van der Waals surface area contributed by atoms with Crippen LogP contribution < -0.4 is 10.5 Å². The molecule has 0 bridgehead atoms. The number of nitrogens with two attached hydrogens (primary N) is 1. The van der Waals surface area contributed by atoms with Gasteiger partial charge in [0.1, 0.15) is 5.75 Å². The van der Waals surface area contributed by atoms with Gasteiger partial charge in [0.25, 0.3) is 0 Å². The molecular formula is C14H16N2O3S. The Labute approximate surface area is 121 Å². The summed E-state index contributed by atoms with van der Waals surface area (Å²) in [6.45, 7) is 3.48. The monoisotopic (exact) mass is 292 g/mol. The lowest BCUT2D eigenvalue weighted by molar-refractivity contribution is -0.149. The highest BCUT2D eigenvalue weighted by molar-refractivity contribution is 7.13. The second kappa shape index (κ2) is 6.38. The van der Waals surface area contributed by atoms with Crippen LogP contribution in [0.2, 0.25) is 0 Å². The van der Waals surface area contributed by atoms with Gasteiger partial charge in [-0.25, -0.2) is 9.78 Å². The molecule has 2 rings (SSSR count). The van der Waals surface area contributed by atoms with E-state index in [0.717, 1.165) is 11.3 Å². The molecule has 0 radical (unpaired) electrons. The standard InChI is InChI=1S/C14H16N2O3S/c1-9(2)19-13(17)7-18-11-5-3-4-10(6-11)12-8-20-14(15)16-12/h3-6,8-9H,7H2,1-2H3,(H2,15,16). The fraction of sp³-hybridized carbons (Fsp3) is 0.286. The first-order valence-electron chi connectivity index (χ1n) is 6.18. The predicted octanol–water partition coefficient (Wildman–Crippen LogP) is 2.72. The first-order valence-corrected chi connectivity index (χ1v) is 7.06. The van der Waals surface area contributed by atoms with Gasteiger partial charge in [-0.15, -0.1) is 11.3 Å². The molecule has 106 valence electrons. The molecule has 0 unspecified atom stereocenters. The maximum atomic E-state index is 11.4. The fourth-order valence-electron chi connectivity index (χ4n) is 1.60. The van der Waals surface area contributed by atoms with Crippen LogP contribution in [0.25, 0.3) is 11.3 Å². The highest BCUT2D eigenvalue weighted by Crippen LogP contribution is 2.26. The number of nitrogen functional groups attached to an aromatic ring is 1. The lowest BCUT2D eigenvalue weighted by atomic mass is 10.2. The molecule has 0 aliphatic rings. The van der Waals surface area contributed by atoms with Gasteiger partial charge in [-0.05, 0) is 26.0 Å². The Hall–Kier alpha value is -2.08. The molecule has 0 aliphatic heterocycles. The van der Waals surface area contributed by atoms with Crippen LogP contribution in [0.5, 0.6) is 5.75 Å². The lowest BCUT2D eigenvalue weighted by Gasteiger charge is -2.09. The van der Waals surface area contributed by atoms with Crippen LogP contribution in [0.4, 0.5) is 5.13 Å². The van der Waals surface area contributed by atoms with Gasteiger partial charge in [0, 0.05) is 10.9 Å². The van der Waals surface area contributed by atoms with Crippen molar-refractivity contribution in [2.75, 3.05) is 12.3 Å². The number of carbonyl (C=O) groups excluding carboxylic acids is 1. The zero-order valence-corrected chi connectivity index (χ0v) is 12.1. The number of ether oxygens (including phenoxy) is 2. The minimum Gasteiger partial charge on any atom is -0.482 e. The Morgan fingerprint density at radius 3 is 2.90 bits per heavy atom. The van der Waals surface area contributed by atoms with Crippen molar-refractivity contribution in [3.8, 4) is 17.0 Å².